The van der Waals surface area contributed by atoms with Gasteiger partial charge in [0.05, 0.1) is 42.8 Å². The fraction of sp³-hybridized carbons (Fsp3) is 0.379. The molecule has 0 unspecified atom stereocenters. The lowest BCUT2D eigenvalue weighted by molar-refractivity contribution is -0.131. The molecule has 12 heteroatoms. The highest BCUT2D eigenvalue weighted by atomic mass is 16.5. The van der Waals surface area contributed by atoms with Crippen LogP contribution in [0.3, 0.4) is 0 Å². The summed E-state index contributed by atoms with van der Waals surface area (Å²) in [5.41, 5.74) is 14.8. The maximum absolute atomic E-state index is 13.1. The van der Waals surface area contributed by atoms with Gasteiger partial charge in [0, 0.05) is 38.6 Å². The number of aromatic nitrogens is 6. The number of carbonyl (C=O) groups excluding carboxylic acids is 1. The number of benzene rings is 1. The Bertz CT molecular complexity index is 1520. The fourth-order valence-corrected chi connectivity index (χ4v) is 5.42. The molecule has 1 aromatic carbocycles. The Morgan fingerprint density at radius 3 is 2.39 bits per heavy atom. The number of ether oxygens (including phenoxy) is 1. The first-order valence-corrected chi connectivity index (χ1v) is 14.0. The van der Waals surface area contributed by atoms with Crippen molar-refractivity contribution in [1.82, 2.24) is 34.6 Å². The highest BCUT2D eigenvalue weighted by Gasteiger charge is 2.28. The van der Waals surface area contributed by atoms with E-state index in [4.69, 9.17) is 31.3 Å². The van der Waals surface area contributed by atoms with Gasteiger partial charge in [0.25, 0.3) is 0 Å². The number of piperidine rings is 1. The van der Waals surface area contributed by atoms with Crippen molar-refractivity contribution in [3.8, 4) is 11.4 Å². The first kappa shape index (κ1) is 26.6. The number of morpholine rings is 1. The Morgan fingerprint density at radius 1 is 0.976 bits per heavy atom. The average Bonchev–Trinajstić information content (AvgIpc) is 3.45. The van der Waals surface area contributed by atoms with Crippen molar-refractivity contribution in [2.24, 2.45) is 5.73 Å². The van der Waals surface area contributed by atoms with Crippen LogP contribution in [0.4, 0.5) is 11.8 Å². The molecule has 212 valence electrons. The lowest BCUT2D eigenvalue weighted by Gasteiger charge is -2.32. The van der Waals surface area contributed by atoms with Gasteiger partial charge in [-0.1, -0.05) is 30.3 Å². The number of nitrogen functional groups attached to an aromatic ring is 1. The molecule has 3 aromatic heterocycles. The molecule has 2 saturated heterocycles. The van der Waals surface area contributed by atoms with Crippen molar-refractivity contribution in [3.05, 3.63) is 66.3 Å². The number of nitrogens with zero attached hydrogens (tertiary/aromatic N) is 8. The summed E-state index contributed by atoms with van der Waals surface area (Å²) >= 11 is 0. The molecule has 0 radical (unpaired) electrons. The first-order valence-electron chi connectivity index (χ1n) is 14.0. The Kier molecular flexibility index (Phi) is 7.72. The van der Waals surface area contributed by atoms with Crippen LogP contribution in [-0.2, 0) is 22.4 Å². The third kappa shape index (κ3) is 5.82. The predicted molar refractivity (Wildman–Crippen MR) is 156 cm³/mol. The van der Waals surface area contributed by atoms with Crippen molar-refractivity contribution in [2.45, 2.75) is 31.7 Å². The minimum atomic E-state index is 0.120. The van der Waals surface area contributed by atoms with Gasteiger partial charge in [-0.15, -0.1) is 0 Å². The summed E-state index contributed by atoms with van der Waals surface area (Å²) in [5, 5.41) is 5.68. The summed E-state index contributed by atoms with van der Waals surface area (Å²) in [4.78, 5) is 35.4. The molecule has 0 saturated carbocycles. The molecule has 6 rings (SSSR count). The van der Waals surface area contributed by atoms with Gasteiger partial charge in [-0.3, -0.25) is 4.79 Å². The molecule has 4 aromatic rings. The number of amides is 1. The zero-order valence-corrected chi connectivity index (χ0v) is 22.9. The highest BCUT2D eigenvalue weighted by molar-refractivity contribution is 5.89. The minimum Gasteiger partial charge on any atom is -0.405 e. The van der Waals surface area contributed by atoms with E-state index in [1.54, 1.807) is 18.6 Å². The van der Waals surface area contributed by atoms with E-state index in [1.165, 1.54) is 5.56 Å². The Hall–Kier alpha value is -4.58. The van der Waals surface area contributed by atoms with Gasteiger partial charge in [-0.25, -0.2) is 24.6 Å². The normalized spacial score (nSPS) is 16.6. The van der Waals surface area contributed by atoms with E-state index in [1.807, 2.05) is 34.0 Å². The summed E-state index contributed by atoms with van der Waals surface area (Å²) in [6, 6.07) is 8.27. The summed E-state index contributed by atoms with van der Waals surface area (Å²) < 4.78 is 7.57. The molecule has 0 spiro atoms. The summed E-state index contributed by atoms with van der Waals surface area (Å²) in [7, 11) is 0. The Labute approximate surface area is 238 Å². The number of anilines is 2. The molecule has 5 heterocycles. The van der Waals surface area contributed by atoms with E-state index in [0.717, 1.165) is 54.8 Å². The summed E-state index contributed by atoms with van der Waals surface area (Å²) in [5.74, 6) is 1.70. The number of likely N-dealkylation sites (tertiary alicyclic amines) is 1. The minimum absolute atomic E-state index is 0.120. The van der Waals surface area contributed by atoms with E-state index in [9.17, 15) is 4.79 Å². The second-order valence-electron chi connectivity index (χ2n) is 10.4. The molecular weight excluding hydrogens is 520 g/mol. The Morgan fingerprint density at radius 2 is 1.68 bits per heavy atom. The fourth-order valence-electron chi connectivity index (χ4n) is 5.42. The van der Waals surface area contributed by atoms with Gasteiger partial charge >= 0.3 is 0 Å². The monoisotopic (exact) mass is 554 g/mol. The van der Waals surface area contributed by atoms with Crippen LogP contribution in [0.1, 0.15) is 30.0 Å². The smallest absolute Gasteiger partial charge is 0.226 e. The lowest BCUT2D eigenvalue weighted by atomic mass is 10.0. The van der Waals surface area contributed by atoms with E-state index in [-0.39, 0.29) is 17.9 Å². The molecule has 0 atom stereocenters. The van der Waals surface area contributed by atoms with Crippen molar-refractivity contribution in [1.29, 1.82) is 0 Å². The first-order chi connectivity index (χ1) is 20.1. The van der Waals surface area contributed by atoms with Gasteiger partial charge in [0.1, 0.15) is 5.82 Å². The van der Waals surface area contributed by atoms with Crippen LogP contribution in [0, 0.1) is 0 Å². The quantitative estimate of drug-likeness (QED) is 0.347. The van der Waals surface area contributed by atoms with E-state index in [2.05, 4.69) is 27.0 Å². The third-order valence-corrected chi connectivity index (χ3v) is 7.71. The number of hydrogen-bond donors (Lipinski definition) is 2. The molecular formula is C29H34N10O2. The zero-order chi connectivity index (χ0) is 28.2. The molecule has 0 bridgehead atoms. The van der Waals surface area contributed by atoms with Crippen LogP contribution < -0.4 is 16.4 Å². The number of fused-ring (bicyclic) bond motifs is 1. The van der Waals surface area contributed by atoms with Gasteiger partial charge in [-0.05, 0) is 36.6 Å². The van der Waals surface area contributed by atoms with Crippen LogP contribution in [-0.4, -0.2) is 79.9 Å². The number of rotatable bonds is 7. The number of hydrogen-bond acceptors (Lipinski definition) is 10. The molecule has 2 fully saturated rings. The standard InChI is InChI=1S/C29H34N10O2/c30-9-1-2-20-3-5-21(6-4-20)16-25(40)37-10-7-23(8-11-37)39-28-24(19-34-39)27(38-12-14-41-15-13-38)35-26(36-28)22-17-32-29(31)33-18-22/h1,3-6,9,17-19,23H,2,7-8,10-16,30H2,(H2,31,32,33). The maximum Gasteiger partial charge on any atom is 0.226 e. The van der Waals surface area contributed by atoms with E-state index < -0.39 is 0 Å². The Balaban J connectivity index is 1.20. The van der Waals surface area contributed by atoms with Crippen molar-refractivity contribution < 1.29 is 9.53 Å². The van der Waals surface area contributed by atoms with Crippen LogP contribution in [0.25, 0.3) is 22.4 Å². The molecule has 4 N–H and O–H groups in total. The van der Waals surface area contributed by atoms with E-state index >= 15 is 0 Å². The SMILES string of the molecule is NC=CCc1ccc(CC(=O)N2CCC(n3ncc4c(N5CCOCC5)nc(-c5cnc(N)nc5)nc43)CC2)cc1. The molecule has 0 aliphatic carbocycles. The van der Waals surface area contributed by atoms with Crippen LogP contribution in [0.5, 0.6) is 0 Å². The molecule has 1 amide bonds. The van der Waals surface area contributed by atoms with Crippen LogP contribution >= 0.6 is 0 Å². The van der Waals surface area contributed by atoms with E-state index in [0.29, 0.717) is 44.1 Å². The van der Waals surface area contributed by atoms with Crippen LogP contribution in [0.15, 0.2) is 55.1 Å². The topological polar surface area (TPSA) is 154 Å². The maximum atomic E-state index is 13.1. The number of nitrogens with two attached hydrogens (primary N) is 2. The molecule has 41 heavy (non-hydrogen) atoms. The zero-order valence-electron chi connectivity index (χ0n) is 22.9. The summed E-state index contributed by atoms with van der Waals surface area (Å²) in [6.07, 6.45) is 11.4. The molecule has 12 nitrogen and oxygen atoms in total. The summed E-state index contributed by atoms with van der Waals surface area (Å²) in [6.45, 7) is 4.10. The number of carbonyl (C=O) groups is 1. The van der Waals surface area contributed by atoms with Gasteiger partial charge in [-0.2, -0.15) is 5.10 Å². The van der Waals surface area contributed by atoms with Gasteiger partial charge in [0.15, 0.2) is 11.5 Å². The van der Waals surface area contributed by atoms with Crippen molar-refractivity contribution in [3.63, 3.8) is 0 Å². The average molecular weight is 555 g/mol. The second-order valence-corrected chi connectivity index (χ2v) is 10.4. The van der Waals surface area contributed by atoms with Crippen molar-refractivity contribution >= 4 is 28.7 Å². The van der Waals surface area contributed by atoms with Gasteiger partial charge < -0.3 is 26.0 Å². The largest absolute Gasteiger partial charge is 0.405 e. The van der Waals surface area contributed by atoms with Crippen molar-refractivity contribution in [2.75, 3.05) is 50.0 Å². The van der Waals surface area contributed by atoms with Crippen LogP contribution in [0.2, 0.25) is 0 Å². The third-order valence-electron chi connectivity index (χ3n) is 7.71. The number of allylic oxidation sites excluding steroid dienone is 1. The highest BCUT2D eigenvalue weighted by Crippen LogP contribution is 2.32. The van der Waals surface area contributed by atoms with Gasteiger partial charge in [0.2, 0.25) is 11.9 Å². The molecule has 2 aliphatic rings. The second kappa shape index (κ2) is 11.9. The molecule has 2 aliphatic heterocycles. The predicted octanol–water partition coefficient (Wildman–Crippen LogP) is 2.12. The lowest BCUT2D eigenvalue weighted by Crippen LogP contribution is -2.40.